The van der Waals surface area contributed by atoms with Crippen LogP contribution >= 0.6 is 0 Å². The van der Waals surface area contributed by atoms with Gasteiger partial charge in [-0.25, -0.2) is 0 Å². The van der Waals surface area contributed by atoms with E-state index in [1.54, 1.807) is 36.2 Å². The van der Waals surface area contributed by atoms with Gasteiger partial charge in [0.15, 0.2) is 12.1 Å². The highest BCUT2D eigenvalue weighted by atomic mass is 16.5. The van der Waals surface area contributed by atoms with Crippen molar-refractivity contribution in [1.29, 1.82) is 0 Å². The number of aryl methyl sites for hydroxylation is 1. The Morgan fingerprint density at radius 2 is 2.28 bits per heavy atom. The highest BCUT2D eigenvalue weighted by Gasteiger charge is 2.07. The Kier molecular flexibility index (Phi) is 3.57. The van der Waals surface area contributed by atoms with Gasteiger partial charge in [0.1, 0.15) is 24.4 Å². The molecule has 0 amide bonds. The molecule has 0 fully saturated rings. The molecule has 0 saturated carbocycles. The molecule has 6 nitrogen and oxygen atoms in total. The maximum atomic E-state index is 10.9. The molecule has 1 aromatic carbocycles. The number of carbonyl (C=O) groups is 1. The van der Waals surface area contributed by atoms with Crippen molar-refractivity contribution in [3.63, 3.8) is 0 Å². The Balaban J connectivity index is 2.17. The standard InChI is InChI=1S/C12H13N3O3/c1-15-8-13-14-12(15)7-18-11-5-10(17-2)4-3-9(11)6-16/h3-6,8H,7H2,1-2H3. The van der Waals surface area contributed by atoms with Crippen LogP contribution in [0.5, 0.6) is 11.5 Å². The highest BCUT2D eigenvalue weighted by molar-refractivity contribution is 5.79. The molecule has 0 aliphatic carbocycles. The number of rotatable bonds is 5. The van der Waals surface area contributed by atoms with Crippen LogP contribution in [0, 0.1) is 0 Å². The van der Waals surface area contributed by atoms with Gasteiger partial charge in [0.25, 0.3) is 0 Å². The Bertz CT molecular complexity index is 551. The van der Waals surface area contributed by atoms with Gasteiger partial charge < -0.3 is 14.0 Å². The molecule has 94 valence electrons. The molecular weight excluding hydrogens is 234 g/mol. The normalized spacial score (nSPS) is 10.1. The topological polar surface area (TPSA) is 66.2 Å². The highest BCUT2D eigenvalue weighted by Crippen LogP contribution is 2.24. The first-order chi connectivity index (χ1) is 8.74. The number of aromatic nitrogens is 3. The average Bonchev–Trinajstić information content (AvgIpc) is 2.81. The lowest BCUT2D eigenvalue weighted by molar-refractivity contribution is 0.111. The van der Waals surface area contributed by atoms with Crippen molar-refractivity contribution in [2.75, 3.05) is 7.11 Å². The average molecular weight is 247 g/mol. The van der Waals surface area contributed by atoms with Crippen molar-refractivity contribution in [1.82, 2.24) is 14.8 Å². The first kappa shape index (κ1) is 12.1. The fourth-order valence-corrected chi connectivity index (χ4v) is 1.44. The van der Waals surface area contributed by atoms with E-state index in [1.165, 1.54) is 0 Å². The number of methoxy groups -OCH3 is 1. The van der Waals surface area contributed by atoms with Crippen molar-refractivity contribution in [3.8, 4) is 11.5 Å². The van der Waals surface area contributed by atoms with Crippen LogP contribution in [0.1, 0.15) is 16.2 Å². The molecule has 0 bridgehead atoms. The summed E-state index contributed by atoms with van der Waals surface area (Å²) in [5.41, 5.74) is 0.470. The van der Waals surface area contributed by atoms with Crippen LogP contribution in [-0.4, -0.2) is 28.2 Å². The first-order valence-electron chi connectivity index (χ1n) is 5.33. The minimum absolute atomic E-state index is 0.241. The molecule has 0 saturated heterocycles. The molecule has 1 heterocycles. The zero-order valence-electron chi connectivity index (χ0n) is 10.2. The molecule has 6 heteroatoms. The number of aldehydes is 1. The van der Waals surface area contributed by atoms with Crippen molar-refractivity contribution in [2.24, 2.45) is 7.05 Å². The molecule has 2 rings (SSSR count). The minimum atomic E-state index is 0.241. The Morgan fingerprint density at radius 3 is 2.89 bits per heavy atom. The summed E-state index contributed by atoms with van der Waals surface area (Å²) < 4.78 is 12.4. The van der Waals surface area contributed by atoms with Crippen LogP contribution in [0.15, 0.2) is 24.5 Å². The van der Waals surface area contributed by atoms with Gasteiger partial charge in [-0.3, -0.25) is 4.79 Å². The summed E-state index contributed by atoms with van der Waals surface area (Å²) in [7, 11) is 3.38. The van der Waals surface area contributed by atoms with E-state index in [1.807, 2.05) is 7.05 Å². The van der Waals surface area contributed by atoms with E-state index >= 15 is 0 Å². The van der Waals surface area contributed by atoms with E-state index in [0.29, 0.717) is 22.9 Å². The predicted molar refractivity (Wildman–Crippen MR) is 63.7 cm³/mol. The second-order valence-electron chi connectivity index (χ2n) is 3.67. The molecule has 2 aromatic rings. The van der Waals surface area contributed by atoms with Gasteiger partial charge >= 0.3 is 0 Å². The number of nitrogens with zero attached hydrogens (tertiary/aromatic N) is 3. The van der Waals surface area contributed by atoms with Gasteiger partial charge in [-0.15, -0.1) is 10.2 Å². The number of hydrogen-bond donors (Lipinski definition) is 0. The predicted octanol–water partition coefficient (Wildman–Crippen LogP) is 1.22. The van der Waals surface area contributed by atoms with Crippen LogP contribution in [0.4, 0.5) is 0 Å². The SMILES string of the molecule is COc1ccc(C=O)c(OCc2nncn2C)c1. The smallest absolute Gasteiger partial charge is 0.170 e. The van der Waals surface area contributed by atoms with Crippen molar-refractivity contribution in [3.05, 3.63) is 35.9 Å². The third-order valence-electron chi connectivity index (χ3n) is 2.51. The third-order valence-corrected chi connectivity index (χ3v) is 2.51. The molecule has 0 unspecified atom stereocenters. The van der Waals surface area contributed by atoms with Crippen molar-refractivity contribution >= 4 is 6.29 Å². The van der Waals surface area contributed by atoms with Gasteiger partial charge in [-0.1, -0.05) is 0 Å². The fourth-order valence-electron chi connectivity index (χ4n) is 1.44. The Labute approximate surface area is 104 Å². The molecule has 0 radical (unpaired) electrons. The van der Waals surface area contributed by atoms with Gasteiger partial charge in [-0.2, -0.15) is 0 Å². The summed E-state index contributed by atoms with van der Waals surface area (Å²) in [5.74, 6) is 1.77. The molecule has 0 atom stereocenters. The maximum absolute atomic E-state index is 10.9. The summed E-state index contributed by atoms with van der Waals surface area (Å²) in [6.45, 7) is 0.241. The van der Waals surface area contributed by atoms with Gasteiger partial charge in [0.2, 0.25) is 0 Å². The van der Waals surface area contributed by atoms with E-state index in [0.717, 1.165) is 6.29 Å². The van der Waals surface area contributed by atoms with E-state index in [2.05, 4.69) is 10.2 Å². The molecule has 1 aromatic heterocycles. The minimum Gasteiger partial charge on any atom is -0.497 e. The molecule has 18 heavy (non-hydrogen) atoms. The van der Waals surface area contributed by atoms with E-state index in [-0.39, 0.29) is 6.61 Å². The van der Waals surface area contributed by atoms with Gasteiger partial charge in [-0.05, 0) is 12.1 Å². The molecule has 0 spiro atoms. The fraction of sp³-hybridized carbons (Fsp3) is 0.250. The Hall–Kier alpha value is -2.37. The molecule has 0 aliphatic rings. The molecule has 0 aliphatic heterocycles. The molecular formula is C12H13N3O3. The zero-order valence-corrected chi connectivity index (χ0v) is 10.2. The van der Waals surface area contributed by atoms with Crippen LogP contribution in [0.25, 0.3) is 0 Å². The number of ether oxygens (including phenoxy) is 2. The summed E-state index contributed by atoms with van der Waals surface area (Å²) in [6, 6.07) is 5.02. The Morgan fingerprint density at radius 1 is 1.44 bits per heavy atom. The zero-order chi connectivity index (χ0) is 13.0. The number of hydrogen-bond acceptors (Lipinski definition) is 5. The summed E-state index contributed by atoms with van der Waals surface area (Å²) >= 11 is 0. The van der Waals surface area contributed by atoms with E-state index in [4.69, 9.17) is 9.47 Å². The van der Waals surface area contributed by atoms with Crippen LogP contribution in [0.2, 0.25) is 0 Å². The van der Waals surface area contributed by atoms with Crippen LogP contribution < -0.4 is 9.47 Å². The van der Waals surface area contributed by atoms with Crippen LogP contribution in [-0.2, 0) is 13.7 Å². The lowest BCUT2D eigenvalue weighted by atomic mass is 10.2. The summed E-state index contributed by atoms with van der Waals surface area (Å²) in [4.78, 5) is 10.9. The third kappa shape index (κ3) is 2.48. The maximum Gasteiger partial charge on any atom is 0.170 e. The van der Waals surface area contributed by atoms with E-state index in [9.17, 15) is 4.79 Å². The largest absolute Gasteiger partial charge is 0.497 e. The monoisotopic (exact) mass is 247 g/mol. The summed E-state index contributed by atoms with van der Waals surface area (Å²) in [5, 5.41) is 7.65. The second-order valence-corrected chi connectivity index (χ2v) is 3.67. The lowest BCUT2D eigenvalue weighted by Crippen LogP contribution is -2.04. The van der Waals surface area contributed by atoms with Gasteiger partial charge in [0, 0.05) is 13.1 Å². The van der Waals surface area contributed by atoms with Crippen molar-refractivity contribution in [2.45, 2.75) is 6.61 Å². The van der Waals surface area contributed by atoms with Crippen LogP contribution in [0.3, 0.4) is 0 Å². The van der Waals surface area contributed by atoms with Gasteiger partial charge in [0.05, 0.1) is 12.7 Å². The number of benzene rings is 1. The quantitative estimate of drug-likeness (QED) is 0.743. The number of carbonyl (C=O) groups excluding carboxylic acids is 1. The van der Waals surface area contributed by atoms with Crippen molar-refractivity contribution < 1.29 is 14.3 Å². The lowest BCUT2D eigenvalue weighted by Gasteiger charge is -2.09. The van der Waals surface area contributed by atoms with E-state index < -0.39 is 0 Å². The summed E-state index contributed by atoms with van der Waals surface area (Å²) in [6.07, 6.45) is 2.33. The second kappa shape index (κ2) is 5.31. The first-order valence-corrected chi connectivity index (χ1v) is 5.33. The molecule has 0 N–H and O–H groups in total.